The third kappa shape index (κ3) is 2.33. The Balaban J connectivity index is 2.19. The summed E-state index contributed by atoms with van der Waals surface area (Å²) in [5, 5.41) is 0. The molecule has 1 unspecified atom stereocenters. The lowest BCUT2D eigenvalue weighted by atomic mass is 10.1. The van der Waals surface area contributed by atoms with Crippen LogP contribution in [0.25, 0.3) is 0 Å². The molecule has 1 fully saturated rings. The van der Waals surface area contributed by atoms with E-state index in [1.165, 1.54) is 0 Å². The Hall–Kier alpha value is -1.13. The maximum atomic E-state index is 5.97. The number of rotatable bonds is 2. The number of piperazine rings is 1. The van der Waals surface area contributed by atoms with E-state index in [1.54, 1.807) is 0 Å². The molecule has 1 aliphatic heterocycles. The average Bonchev–Trinajstić information content (AvgIpc) is 2.30. The van der Waals surface area contributed by atoms with Crippen LogP contribution in [0.4, 0.5) is 5.82 Å². The number of anilines is 1. The van der Waals surface area contributed by atoms with Crippen molar-refractivity contribution >= 4 is 5.82 Å². The first-order valence-corrected chi connectivity index (χ1v) is 5.82. The summed E-state index contributed by atoms with van der Waals surface area (Å²) in [5.74, 6) is 1.06. The minimum Gasteiger partial charge on any atom is -0.354 e. The summed E-state index contributed by atoms with van der Waals surface area (Å²) < 4.78 is 0. The lowest BCUT2D eigenvalue weighted by molar-refractivity contribution is 0.311. The number of pyridine rings is 1. The first kappa shape index (κ1) is 11.4. The summed E-state index contributed by atoms with van der Waals surface area (Å²) in [6.45, 7) is 6.26. The normalized spacial score (nSPS) is 19.8. The van der Waals surface area contributed by atoms with Gasteiger partial charge in [-0.15, -0.1) is 0 Å². The molecule has 0 aliphatic carbocycles. The van der Waals surface area contributed by atoms with Crippen molar-refractivity contribution in [2.24, 2.45) is 5.73 Å². The summed E-state index contributed by atoms with van der Waals surface area (Å²) in [4.78, 5) is 9.15. The molecule has 1 aliphatic rings. The second kappa shape index (κ2) is 4.80. The molecule has 4 nitrogen and oxygen atoms in total. The van der Waals surface area contributed by atoms with Gasteiger partial charge in [0.05, 0.1) is 0 Å². The van der Waals surface area contributed by atoms with Gasteiger partial charge in [0.15, 0.2) is 0 Å². The fraction of sp³-hybridized carbons (Fsp3) is 0.583. The molecule has 1 saturated heterocycles. The second-order valence-corrected chi connectivity index (χ2v) is 4.50. The minimum absolute atomic E-state index is 0.0448. The average molecular weight is 220 g/mol. The standard InChI is InChI=1S/C12H20N4/c1-10(13)11-4-3-5-14-12(11)16-8-6-15(2)7-9-16/h3-5,10H,6-9,13H2,1-2H3. The quantitative estimate of drug-likeness (QED) is 0.802. The van der Waals surface area contributed by atoms with E-state index in [0.29, 0.717) is 0 Å². The molecular formula is C12H20N4. The Morgan fingerprint density at radius 3 is 2.62 bits per heavy atom. The Morgan fingerprint density at radius 1 is 1.31 bits per heavy atom. The zero-order valence-corrected chi connectivity index (χ0v) is 10.1. The van der Waals surface area contributed by atoms with Crippen LogP contribution >= 0.6 is 0 Å². The number of hydrogen-bond donors (Lipinski definition) is 1. The van der Waals surface area contributed by atoms with Crippen LogP contribution in [0.15, 0.2) is 18.3 Å². The predicted molar refractivity (Wildman–Crippen MR) is 66.5 cm³/mol. The number of hydrogen-bond acceptors (Lipinski definition) is 4. The highest BCUT2D eigenvalue weighted by Crippen LogP contribution is 2.22. The third-order valence-corrected chi connectivity index (χ3v) is 3.11. The smallest absolute Gasteiger partial charge is 0.133 e. The van der Waals surface area contributed by atoms with Crippen LogP contribution in [0.3, 0.4) is 0 Å². The summed E-state index contributed by atoms with van der Waals surface area (Å²) in [5.41, 5.74) is 7.12. The monoisotopic (exact) mass is 220 g/mol. The van der Waals surface area contributed by atoms with Gasteiger partial charge in [-0.05, 0) is 20.0 Å². The molecule has 2 heterocycles. The van der Waals surface area contributed by atoms with E-state index >= 15 is 0 Å². The van der Waals surface area contributed by atoms with Crippen molar-refractivity contribution in [1.82, 2.24) is 9.88 Å². The van der Waals surface area contributed by atoms with Crippen molar-refractivity contribution in [1.29, 1.82) is 0 Å². The van der Waals surface area contributed by atoms with Crippen LogP contribution in [-0.4, -0.2) is 43.1 Å². The zero-order chi connectivity index (χ0) is 11.5. The zero-order valence-electron chi connectivity index (χ0n) is 10.1. The number of likely N-dealkylation sites (N-methyl/N-ethyl adjacent to an activating group) is 1. The molecule has 0 bridgehead atoms. The Bertz CT molecular complexity index is 343. The van der Waals surface area contributed by atoms with Gasteiger partial charge in [-0.2, -0.15) is 0 Å². The van der Waals surface area contributed by atoms with E-state index in [-0.39, 0.29) is 6.04 Å². The van der Waals surface area contributed by atoms with Crippen molar-refractivity contribution < 1.29 is 0 Å². The van der Waals surface area contributed by atoms with Crippen molar-refractivity contribution in [2.45, 2.75) is 13.0 Å². The molecule has 1 aromatic heterocycles. The van der Waals surface area contributed by atoms with Gasteiger partial charge in [0.1, 0.15) is 5.82 Å². The van der Waals surface area contributed by atoms with Crippen LogP contribution in [0.1, 0.15) is 18.5 Å². The van der Waals surface area contributed by atoms with Gasteiger partial charge >= 0.3 is 0 Å². The van der Waals surface area contributed by atoms with E-state index in [9.17, 15) is 0 Å². The van der Waals surface area contributed by atoms with Crippen LogP contribution in [0.5, 0.6) is 0 Å². The van der Waals surface area contributed by atoms with Gasteiger partial charge in [-0.3, -0.25) is 0 Å². The fourth-order valence-electron chi connectivity index (χ4n) is 2.05. The lowest BCUT2D eigenvalue weighted by Gasteiger charge is -2.34. The molecule has 1 atom stereocenters. The first-order chi connectivity index (χ1) is 7.68. The van der Waals surface area contributed by atoms with E-state index in [2.05, 4.69) is 27.9 Å². The van der Waals surface area contributed by atoms with Crippen molar-refractivity contribution in [3.05, 3.63) is 23.9 Å². The fourth-order valence-corrected chi connectivity index (χ4v) is 2.05. The Labute approximate surface area is 97.1 Å². The molecule has 0 spiro atoms. The van der Waals surface area contributed by atoms with Gasteiger partial charge in [0.2, 0.25) is 0 Å². The van der Waals surface area contributed by atoms with Crippen molar-refractivity contribution in [2.75, 3.05) is 38.1 Å². The molecule has 1 aromatic rings. The summed E-state index contributed by atoms with van der Waals surface area (Å²) in [6.07, 6.45) is 1.85. The SMILES string of the molecule is CC(N)c1cccnc1N1CCN(C)CC1. The highest BCUT2D eigenvalue weighted by Gasteiger charge is 2.18. The van der Waals surface area contributed by atoms with E-state index in [4.69, 9.17) is 5.73 Å². The number of aromatic nitrogens is 1. The van der Waals surface area contributed by atoms with E-state index in [0.717, 1.165) is 37.6 Å². The largest absolute Gasteiger partial charge is 0.354 e. The molecule has 0 amide bonds. The van der Waals surface area contributed by atoms with E-state index < -0.39 is 0 Å². The van der Waals surface area contributed by atoms with Crippen LogP contribution in [-0.2, 0) is 0 Å². The highest BCUT2D eigenvalue weighted by atomic mass is 15.3. The molecule has 0 aromatic carbocycles. The van der Waals surface area contributed by atoms with E-state index in [1.807, 2.05) is 19.2 Å². The van der Waals surface area contributed by atoms with Crippen LogP contribution in [0, 0.1) is 0 Å². The van der Waals surface area contributed by atoms with Crippen LogP contribution in [0.2, 0.25) is 0 Å². The molecule has 0 radical (unpaired) electrons. The molecule has 2 N–H and O–H groups in total. The first-order valence-electron chi connectivity index (χ1n) is 5.82. The van der Waals surface area contributed by atoms with Gasteiger partial charge in [-0.1, -0.05) is 6.07 Å². The summed E-state index contributed by atoms with van der Waals surface area (Å²) in [6, 6.07) is 4.08. The third-order valence-electron chi connectivity index (χ3n) is 3.11. The summed E-state index contributed by atoms with van der Waals surface area (Å²) >= 11 is 0. The predicted octanol–water partition coefficient (Wildman–Crippen LogP) is 0.853. The molecule has 4 heteroatoms. The highest BCUT2D eigenvalue weighted by molar-refractivity contribution is 5.48. The van der Waals surface area contributed by atoms with Gasteiger partial charge in [0.25, 0.3) is 0 Å². The number of nitrogens with zero attached hydrogens (tertiary/aromatic N) is 3. The van der Waals surface area contributed by atoms with Crippen molar-refractivity contribution in [3.63, 3.8) is 0 Å². The topological polar surface area (TPSA) is 45.4 Å². The second-order valence-electron chi connectivity index (χ2n) is 4.50. The lowest BCUT2D eigenvalue weighted by Crippen LogP contribution is -2.45. The maximum Gasteiger partial charge on any atom is 0.133 e. The van der Waals surface area contributed by atoms with Gasteiger partial charge in [0, 0.05) is 44.0 Å². The van der Waals surface area contributed by atoms with Gasteiger partial charge in [-0.25, -0.2) is 4.98 Å². The Morgan fingerprint density at radius 2 is 2.00 bits per heavy atom. The molecule has 16 heavy (non-hydrogen) atoms. The molecule has 0 saturated carbocycles. The van der Waals surface area contributed by atoms with Gasteiger partial charge < -0.3 is 15.5 Å². The molecule has 2 rings (SSSR count). The maximum absolute atomic E-state index is 5.97. The Kier molecular flexibility index (Phi) is 3.41. The van der Waals surface area contributed by atoms with Crippen molar-refractivity contribution in [3.8, 4) is 0 Å². The molecular weight excluding hydrogens is 200 g/mol. The minimum atomic E-state index is 0.0448. The number of nitrogens with two attached hydrogens (primary N) is 1. The van der Waals surface area contributed by atoms with Crippen LogP contribution < -0.4 is 10.6 Å². The summed E-state index contributed by atoms with van der Waals surface area (Å²) in [7, 11) is 2.15. The molecule has 88 valence electrons.